The molecule has 1 heterocycles. The van der Waals surface area contributed by atoms with Gasteiger partial charge in [-0.3, -0.25) is 14.9 Å². The Kier molecular flexibility index (Phi) is 7.65. The normalized spacial score (nSPS) is 19.0. The lowest BCUT2D eigenvalue weighted by atomic mass is 10.00. The zero-order valence-electron chi connectivity index (χ0n) is 14.9. The monoisotopic (exact) mass is 407 g/mol. The molecule has 8 heteroatoms. The smallest absolute Gasteiger partial charge is 0.270 e. The molecule has 1 fully saturated rings. The first-order valence-corrected chi connectivity index (χ1v) is 9.40. The molecule has 6 nitrogen and oxygen atoms in total. The van der Waals surface area contributed by atoms with Crippen LogP contribution >= 0.6 is 24.2 Å². The highest BCUT2D eigenvalue weighted by Crippen LogP contribution is 2.32. The molecule has 1 aliphatic rings. The Balaban J connectivity index is 0.00000261. The van der Waals surface area contributed by atoms with Crippen molar-refractivity contribution in [1.29, 1.82) is 0 Å². The van der Waals surface area contributed by atoms with Gasteiger partial charge in [0.25, 0.3) is 11.6 Å². The summed E-state index contributed by atoms with van der Waals surface area (Å²) >= 11 is 1.43. The zero-order valence-corrected chi connectivity index (χ0v) is 16.5. The molecule has 0 radical (unpaired) electrons. The van der Waals surface area contributed by atoms with Crippen LogP contribution in [-0.4, -0.2) is 29.5 Å². The highest BCUT2D eigenvalue weighted by atomic mass is 35.5. The van der Waals surface area contributed by atoms with Gasteiger partial charge >= 0.3 is 0 Å². The number of hydrogen-bond acceptors (Lipinski definition) is 5. The van der Waals surface area contributed by atoms with Crippen LogP contribution in [0.25, 0.3) is 0 Å². The molecule has 2 aromatic rings. The van der Waals surface area contributed by atoms with Crippen LogP contribution < -0.4 is 10.6 Å². The molecule has 0 spiro atoms. The molecule has 2 N–H and O–H groups in total. The maximum atomic E-state index is 12.8. The summed E-state index contributed by atoms with van der Waals surface area (Å²) in [5.41, 5.74) is 0.269. The van der Waals surface area contributed by atoms with Gasteiger partial charge in [-0.1, -0.05) is 30.0 Å². The highest BCUT2D eigenvalue weighted by Gasteiger charge is 2.23. The van der Waals surface area contributed by atoms with Gasteiger partial charge in [0.1, 0.15) is 0 Å². The van der Waals surface area contributed by atoms with E-state index in [2.05, 4.69) is 17.6 Å². The largest absolute Gasteiger partial charge is 0.349 e. The van der Waals surface area contributed by atoms with E-state index in [1.165, 1.54) is 23.9 Å². The van der Waals surface area contributed by atoms with Gasteiger partial charge in [0.2, 0.25) is 0 Å². The number of nitrogens with one attached hydrogen (secondary N) is 2. The number of nitro benzene ring substituents is 1. The molecule has 1 amide bonds. The third kappa shape index (κ3) is 5.69. The number of benzene rings is 2. The second-order valence-corrected chi connectivity index (χ2v) is 7.52. The lowest BCUT2D eigenvalue weighted by Gasteiger charge is -2.28. The molecule has 3 rings (SSSR count). The molecule has 2 aromatic carbocycles. The number of nitrogens with zero attached hydrogens (tertiary/aromatic N) is 1. The van der Waals surface area contributed by atoms with Gasteiger partial charge in [0, 0.05) is 34.0 Å². The van der Waals surface area contributed by atoms with Crippen molar-refractivity contribution in [1.82, 2.24) is 10.6 Å². The quantitative estimate of drug-likeness (QED) is 0.577. The number of rotatable bonds is 5. The van der Waals surface area contributed by atoms with Crippen LogP contribution in [0, 0.1) is 10.1 Å². The third-order valence-corrected chi connectivity index (χ3v) is 5.43. The first-order valence-electron chi connectivity index (χ1n) is 8.58. The average molecular weight is 408 g/mol. The van der Waals surface area contributed by atoms with Crippen LogP contribution in [0.1, 0.15) is 30.1 Å². The van der Waals surface area contributed by atoms with E-state index in [1.54, 1.807) is 6.07 Å². The summed E-state index contributed by atoms with van der Waals surface area (Å²) in [4.78, 5) is 25.2. The van der Waals surface area contributed by atoms with Crippen molar-refractivity contribution in [3.63, 3.8) is 0 Å². The summed E-state index contributed by atoms with van der Waals surface area (Å²) in [6.45, 7) is 2.94. The van der Waals surface area contributed by atoms with Gasteiger partial charge in [-0.25, -0.2) is 0 Å². The van der Waals surface area contributed by atoms with Gasteiger partial charge in [-0.05, 0) is 44.5 Å². The fourth-order valence-corrected chi connectivity index (χ4v) is 3.98. The second kappa shape index (κ2) is 9.73. The minimum atomic E-state index is -0.472. The Morgan fingerprint density at radius 1 is 1.26 bits per heavy atom. The fraction of sp³-hybridized carbons (Fsp3) is 0.316. The SMILES string of the molecule is CC1CC(NC(=O)c2cc([N+](=O)[O-])ccc2Sc2ccccc2)CCN1.Cl. The molecule has 2 unspecified atom stereocenters. The summed E-state index contributed by atoms with van der Waals surface area (Å²) in [6, 6.07) is 14.5. The Labute approximate surface area is 168 Å². The number of carbonyl (C=O) groups excluding carboxylic acids is 1. The second-order valence-electron chi connectivity index (χ2n) is 6.40. The molecule has 0 aliphatic carbocycles. The maximum absolute atomic E-state index is 12.8. The molecule has 0 aromatic heterocycles. The summed E-state index contributed by atoms with van der Waals surface area (Å²) in [5.74, 6) is -0.258. The van der Waals surface area contributed by atoms with Crippen LogP contribution in [0.5, 0.6) is 0 Å². The Bertz CT molecular complexity index is 804. The molecular weight excluding hydrogens is 386 g/mol. The van der Waals surface area contributed by atoms with Crippen LogP contribution in [0.15, 0.2) is 58.3 Å². The minimum Gasteiger partial charge on any atom is -0.349 e. The molecule has 0 bridgehead atoms. The minimum absolute atomic E-state index is 0. The first kappa shape index (κ1) is 21.2. The van der Waals surface area contributed by atoms with Crippen molar-refractivity contribution in [2.45, 2.75) is 41.6 Å². The van der Waals surface area contributed by atoms with Crippen LogP contribution in [0.2, 0.25) is 0 Å². The fourth-order valence-electron chi connectivity index (χ4n) is 3.04. The van der Waals surface area contributed by atoms with Gasteiger partial charge in [-0.2, -0.15) is 0 Å². The molecule has 27 heavy (non-hydrogen) atoms. The Morgan fingerprint density at radius 3 is 2.67 bits per heavy atom. The Hall–Kier alpha value is -2.09. The molecule has 144 valence electrons. The zero-order chi connectivity index (χ0) is 18.5. The summed E-state index contributed by atoms with van der Waals surface area (Å²) < 4.78 is 0. The summed E-state index contributed by atoms with van der Waals surface area (Å²) in [6.07, 6.45) is 1.70. The molecule has 2 atom stereocenters. The van der Waals surface area contributed by atoms with Crippen molar-refractivity contribution >= 4 is 35.8 Å². The molecule has 0 saturated carbocycles. The number of piperidine rings is 1. The Morgan fingerprint density at radius 2 is 2.00 bits per heavy atom. The van der Waals surface area contributed by atoms with Gasteiger partial charge in [0.05, 0.1) is 10.5 Å². The van der Waals surface area contributed by atoms with Crippen molar-refractivity contribution in [3.8, 4) is 0 Å². The van der Waals surface area contributed by atoms with E-state index < -0.39 is 4.92 Å². The summed E-state index contributed by atoms with van der Waals surface area (Å²) in [7, 11) is 0. The van der Waals surface area contributed by atoms with Crippen LogP contribution in [0.3, 0.4) is 0 Å². The van der Waals surface area contributed by atoms with E-state index in [-0.39, 0.29) is 30.0 Å². The number of nitro groups is 1. The number of non-ortho nitro benzene ring substituents is 1. The number of carbonyl (C=O) groups is 1. The van der Waals surface area contributed by atoms with E-state index in [0.717, 1.165) is 24.3 Å². The number of amides is 1. The molecule has 1 saturated heterocycles. The predicted octanol–water partition coefficient (Wildman–Crippen LogP) is 4.04. The molecular formula is C19H22ClN3O3S. The molecule has 1 aliphatic heterocycles. The van der Waals surface area contributed by atoms with E-state index in [4.69, 9.17) is 0 Å². The number of hydrogen-bond donors (Lipinski definition) is 2. The van der Waals surface area contributed by atoms with Crippen molar-refractivity contribution < 1.29 is 9.72 Å². The summed E-state index contributed by atoms with van der Waals surface area (Å²) in [5, 5.41) is 17.5. The van der Waals surface area contributed by atoms with Crippen LogP contribution in [-0.2, 0) is 0 Å². The lowest BCUT2D eigenvalue weighted by molar-refractivity contribution is -0.384. The topological polar surface area (TPSA) is 84.3 Å². The van der Waals surface area contributed by atoms with Crippen molar-refractivity contribution in [2.75, 3.05) is 6.54 Å². The maximum Gasteiger partial charge on any atom is 0.270 e. The van der Waals surface area contributed by atoms with E-state index in [9.17, 15) is 14.9 Å². The average Bonchev–Trinajstić information content (AvgIpc) is 2.62. The standard InChI is InChI=1S/C19H21N3O3S.ClH/c1-13-11-14(9-10-20-13)21-19(23)17-12-15(22(24)25)7-8-18(17)26-16-5-3-2-4-6-16;/h2-8,12-14,20H,9-11H2,1H3,(H,21,23);1H. The van der Waals surface area contributed by atoms with Gasteiger partial charge in [-0.15, -0.1) is 12.4 Å². The van der Waals surface area contributed by atoms with Crippen molar-refractivity contribution in [3.05, 3.63) is 64.2 Å². The first-order chi connectivity index (χ1) is 12.5. The van der Waals surface area contributed by atoms with Crippen LogP contribution in [0.4, 0.5) is 5.69 Å². The van der Waals surface area contributed by atoms with E-state index in [1.807, 2.05) is 30.3 Å². The van der Waals surface area contributed by atoms with Crippen molar-refractivity contribution in [2.24, 2.45) is 0 Å². The van der Waals surface area contributed by atoms with E-state index in [0.29, 0.717) is 16.5 Å². The lowest BCUT2D eigenvalue weighted by Crippen LogP contribution is -2.46. The van der Waals surface area contributed by atoms with Gasteiger partial charge < -0.3 is 10.6 Å². The third-order valence-electron chi connectivity index (χ3n) is 4.35. The highest BCUT2D eigenvalue weighted by molar-refractivity contribution is 7.99. The predicted molar refractivity (Wildman–Crippen MR) is 109 cm³/mol. The van der Waals surface area contributed by atoms with E-state index >= 15 is 0 Å². The van der Waals surface area contributed by atoms with Gasteiger partial charge in [0.15, 0.2) is 0 Å². The number of halogens is 1.